The van der Waals surface area contributed by atoms with E-state index in [9.17, 15) is 0 Å². The lowest BCUT2D eigenvalue weighted by Gasteiger charge is -2.24. The van der Waals surface area contributed by atoms with E-state index in [4.69, 9.17) is 10.9 Å². The van der Waals surface area contributed by atoms with Crippen LogP contribution in [0.4, 0.5) is 0 Å². The lowest BCUT2D eigenvalue weighted by molar-refractivity contribution is 0.318. The van der Waals surface area contributed by atoms with Crippen LogP contribution in [-0.4, -0.2) is 21.6 Å². The first-order valence-corrected chi connectivity index (χ1v) is 5.66. The predicted octanol–water partition coefficient (Wildman–Crippen LogP) is 1.45. The molecule has 5 nitrogen and oxygen atoms in total. The molecule has 1 aromatic rings. The van der Waals surface area contributed by atoms with E-state index in [0.717, 1.165) is 18.5 Å². The van der Waals surface area contributed by atoms with Gasteiger partial charge in [0.1, 0.15) is 5.69 Å². The molecule has 0 aromatic carbocycles. The van der Waals surface area contributed by atoms with Crippen molar-refractivity contribution < 1.29 is 5.21 Å². The summed E-state index contributed by atoms with van der Waals surface area (Å²) in [5.74, 6) is 0.0293. The van der Waals surface area contributed by atoms with Gasteiger partial charge >= 0.3 is 0 Å². The minimum Gasteiger partial charge on any atom is -0.409 e. The topological polar surface area (TPSA) is 83.5 Å². The minimum atomic E-state index is 0.0293. The van der Waals surface area contributed by atoms with Crippen molar-refractivity contribution in [1.82, 2.24) is 10.3 Å². The van der Waals surface area contributed by atoms with Crippen LogP contribution in [0.1, 0.15) is 38.4 Å². The van der Waals surface area contributed by atoms with Gasteiger partial charge in [-0.1, -0.05) is 12.1 Å². The van der Waals surface area contributed by atoms with Crippen LogP contribution in [0.5, 0.6) is 0 Å². The van der Waals surface area contributed by atoms with Crippen LogP contribution < -0.4 is 11.1 Å². The number of amidine groups is 1. The molecule has 0 amide bonds. The van der Waals surface area contributed by atoms with Gasteiger partial charge in [-0.05, 0) is 38.0 Å². The second-order valence-corrected chi connectivity index (χ2v) is 4.63. The maximum absolute atomic E-state index is 8.58. The number of hydrogen-bond donors (Lipinski definition) is 3. The molecule has 0 aliphatic carbocycles. The molecular weight excluding hydrogens is 216 g/mol. The molecule has 5 heteroatoms. The average molecular weight is 236 g/mol. The van der Waals surface area contributed by atoms with Crippen molar-refractivity contribution >= 4 is 5.84 Å². The maximum Gasteiger partial charge on any atom is 0.188 e. The largest absolute Gasteiger partial charge is 0.409 e. The van der Waals surface area contributed by atoms with Crippen LogP contribution in [0.3, 0.4) is 0 Å². The van der Waals surface area contributed by atoms with E-state index in [-0.39, 0.29) is 11.4 Å². The number of nitrogens with zero attached hydrogens (tertiary/aromatic N) is 2. The van der Waals surface area contributed by atoms with E-state index < -0.39 is 0 Å². The summed E-state index contributed by atoms with van der Waals surface area (Å²) in [6.07, 6.45) is 2.70. The van der Waals surface area contributed by atoms with Crippen molar-refractivity contribution in [3.05, 3.63) is 29.6 Å². The predicted molar refractivity (Wildman–Crippen MR) is 68.0 cm³/mol. The molecule has 1 aromatic heterocycles. The fraction of sp³-hybridized carbons (Fsp3) is 0.500. The van der Waals surface area contributed by atoms with Crippen molar-refractivity contribution in [2.75, 3.05) is 0 Å². The summed E-state index contributed by atoms with van der Waals surface area (Å²) in [6.45, 7) is 7.17. The molecule has 0 aliphatic rings. The van der Waals surface area contributed by atoms with E-state index in [1.165, 1.54) is 0 Å². The molecule has 0 radical (unpaired) electrons. The van der Waals surface area contributed by atoms with Crippen molar-refractivity contribution in [2.45, 2.75) is 39.3 Å². The second-order valence-electron chi connectivity index (χ2n) is 4.63. The molecule has 1 heterocycles. The molecule has 0 fully saturated rings. The minimum absolute atomic E-state index is 0.0293. The zero-order chi connectivity index (χ0) is 12.9. The van der Waals surface area contributed by atoms with Gasteiger partial charge in [-0.25, -0.2) is 0 Å². The van der Waals surface area contributed by atoms with E-state index in [1.54, 1.807) is 6.20 Å². The number of aromatic nitrogens is 1. The molecule has 4 N–H and O–H groups in total. The van der Waals surface area contributed by atoms with Gasteiger partial charge in [0.2, 0.25) is 0 Å². The summed E-state index contributed by atoms with van der Waals surface area (Å²) in [5, 5.41) is 15.0. The smallest absolute Gasteiger partial charge is 0.188 e. The standard InChI is InChI=1S/C12H20N4O/c1-4-12(2,3)15-8-9-5-6-14-10(7-9)11(13)16-17/h5-7,15,17H,4,8H2,1-3H3,(H2,13,16). The summed E-state index contributed by atoms with van der Waals surface area (Å²) in [7, 11) is 0. The highest BCUT2D eigenvalue weighted by atomic mass is 16.4. The van der Waals surface area contributed by atoms with Crippen LogP contribution >= 0.6 is 0 Å². The fourth-order valence-corrected chi connectivity index (χ4v) is 1.24. The number of pyridine rings is 1. The normalized spacial score (nSPS) is 12.8. The van der Waals surface area contributed by atoms with Crippen LogP contribution in [0.2, 0.25) is 0 Å². The number of hydrogen-bond acceptors (Lipinski definition) is 4. The second kappa shape index (κ2) is 5.63. The number of nitrogens with one attached hydrogen (secondary N) is 1. The van der Waals surface area contributed by atoms with E-state index in [0.29, 0.717) is 5.69 Å². The first-order valence-electron chi connectivity index (χ1n) is 5.66. The average Bonchev–Trinajstić information content (AvgIpc) is 2.36. The van der Waals surface area contributed by atoms with Gasteiger partial charge in [0.05, 0.1) is 0 Å². The summed E-state index contributed by atoms with van der Waals surface area (Å²) in [4.78, 5) is 4.03. The van der Waals surface area contributed by atoms with E-state index >= 15 is 0 Å². The molecule has 0 atom stereocenters. The summed E-state index contributed by atoms with van der Waals surface area (Å²) in [5.41, 5.74) is 7.13. The maximum atomic E-state index is 8.58. The monoisotopic (exact) mass is 236 g/mol. The Morgan fingerprint density at radius 2 is 2.29 bits per heavy atom. The molecule has 0 spiro atoms. The van der Waals surface area contributed by atoms with E-state index in [2.05, 4.69) is 36.2 Å². The van der Waals surface area contributed by atoms with Gasteiger partial charge in [0.25, 0.3) is 0 Å². The Hall–Kier alpha value is -1.62. The van der Waals surface area contributed by atoms with Gasteiger partial charge < -0.3 is 16.3 Å². The summed E-state index contributed by atoms with van der Waals surface area (Å²) in [6, 6.07) is 3.72. The van der Waals surface area contributed by atoms with Gasteiger partial charge in [-0.3, -0.25) is 4.98 Å². The third kappa shape index (κ3) is 4.03. The van der Waals surface area contributed by atoms with Crippen molar-refractivity contribution in [2.24, 2.45) is 10.9 Å². The third-order valence-electron chi connectivity index (χ3n) is 2.85. The Labute approximate surface area is 102 Å². The zero-order valence-corrected chi connectivity index (χ0v) is 10.6. The Kier molecular flexibility index (Phi) is 4.45. The van der Waals surface area contributed by atoms with Crippen LogP contribution in [-0.2, 0) is 6.54 Å². The van der Waals surface area contributed by atoms with Crippen LogP contribution in [0.25, 0.3) is 0 Å². The molecule has 17 heavy (non-hydrogen) atoms. The molecule has 0 unspecified atom stereocenters. The van der Waals surface area contributed by atoms with Crippen molar-refractivity contribution in [1.29, 1.82) is 0 Å². The molecule has 0 saturated carbocycles. The fourth-order valence-electron chi connectivity index (χ4n) is 1.24. The molecule has 0 saturated heterocycles. The molecular formula is C12H20N4O. The highest BCUT2D eigenvalue weighted by Gasteiger charge is 2.13. The highest BCUT2D eigenvalue weighted by Crippen LogP contribution is 2.09. The zero-order valence-electron chi connectivity index (χ0n) is 10.6. The lowest BCUT2D eigenvalue weighted by Crippen LogP contribution is -2.37. The molecule has 0 bridgehead atoms. The summed E-state index contributed by atoms with van der Waals surface area (Å²) < 4.78 is 0. The number of oxime groups is 1. The quantitative estimate of drug-likeness (QED) is 0.313. The number of nitrogens with two attached hydrogens (primary N) is 1. The van der Waals surface area contributed by atoms with Crippen molar-refractivity contribution in [3.63, 3.8) is 0 Å². The third-order valence-corrected chi connectivity index (χ3v) is 2.85. The van der Waals surface area contributed by atoms with Gasteiger partial charge in [0, 0.05) is 18.3 Å². The number of rotatable bonds is 5. The Morgan fingerprint density at radius 3 is 2.88 bits per heavy atom. The Morgan fingerprint density at radius 1 is 1.59 bits per heavy atom. The highest BCUT2D eigenvalue weighted by molar-refractivity contribution is 5.95. The lowest BCUT2D eigenvalue weighted by atomic mass is 10.0. The molecule has 94 valence electrons. The molecule has 1 rings (SSSR count). The van der Waals surface area contributed by atoms with Gasteiger partial charge in [-0.15, -0.1) is 0 Å². The van der Waals surface area contributed by atoms with E-state index in [1.807, 2.05) is 12.1 Å². The Bertz CT molecular complexity index is 401. The SMILES string of the molecule is CCC(C)(C)NCc1ccnc(/C(N)=N/O)c1. The molecule has 0 aliphatic heterocycles. The first kappa shape index (κ1) is 13.4. The van der Waals surface area contributed by atoms with Gasteiger partial charge in [-0.2, -0.15) is 0 Å². The first-order chi connectivity index (χ1) is 7.98. The van der Waals surface area contributed by atoms with Crippen LogP contribution in [0.15, 0.2) is 23.5 Å². The Balaban J connectivity index is 2.73. The van der Waals surface area contributed by atoms with Crippen LogP contribution in [0, 0.1) is 0 Å². The van der Waals surface area contributed by atoms with Crippen molar-refractivity contribution in [3.8, 4) is 0 Å². The van der Waals surface area contributed by atoms with Gasteiger partial charge in [0.15, 0.2) is 5.84 Å². The summed E-state index contributed by atoms with van der Waals surface area (Å²) >= 11 is 0.